The standard InChI is InChI=1S/C30H36N2O2.Al.ClH/c1-5-31(6-2)19-23-17-21-13-9-11-15-25(21)27(29(23)33)28-26-16-12-10-14-22(26)18-24(30(28)34)20-32(7-3)8-4;;/h9-18,33-34H,5-8,19-20H2,1-4H3;;1H/q;+3;/p-3. The minimum absolute atomic E-state index is 0. The third kappa shape index (κ3) is 5.83. The van der Waals surface area contributed by atoms with Gasteiger partial charge in [-0.25, -0.2) is 0 Å². The van der Waals surface area contributed by atoms with Crippen molar-refractivity contribution in [3.8, 4) is 22.6 Å². The second-order valence-electron chi connectivity index (χ2n) is 8.84. The van der Waals surface area contributed by atoms with Gasteiger partial charge in [-0.2, -0.15) is 0 Å². The Morgan fingerprint density at radius 1 is 0.583 bits per heavy atom. The fourth-order valence-corrected chi connectivity index (χ4v) is 4.88. The van der Waals surface area contributed by atoms with Crippen molar-refractivity contribution in [1.82, 2.24) is 9.80 Å². The molecule has 4 nitrogen and oxygen atoms in total. The van der Waals surface area contributed by atoms with Crippen LogP contribution in [0.3, 0.4) is 0 Å². The normalized spacial score (nSPS) is 11.2. The van der Waals surface area contributed by atoms with E-state index in [2.05, 4.69) is 37.5 Å². The van der Waals surface area contributed by atoms with E-state index in [9.17, 15) is 10.2 Å². The first-order valence-corrected chi connectivity index (χ1v) is 12.4. The van der Waals surface area contributed by atoms with E-state index in [1.165, 1.54) is 0 Å². The molecule has 0 saturated carbocycles. The number of rotatable bonds is 9. The van der Waals surface area contributed by atoms with Crippen molar-refractivity contribution < 1.29 is 22.6 Å². The molecule has 0 spiro atoms. The van der Waals surface area contributed by atoms with E-state index in [1.807, 2.05) is 60.7 Å². The Hall–Kier alpha value is -2.26. The molecule has 4 rings (SSSR count). The van der Waals surface area contributed by atoms with E-state index in [-0.39, 0.29) is 41.3 Å². The van der Waals surface area contributed by atoms with Crippen LogP contribution < -0.4 is 22.6 Å². The number of hydrogen-bond acceptors (Lipinski definition) is 4. The van der Waals surface area contributed by atoms with Crippen LogP contribution in [0.15, 0.2) is 60.7 Å². The Labute approximate surface area is 232 Å². The van der Waals surface area contributed by atoms with Crippen molar-refractivity contribution in [1.29, 1.82) is 0 Å². The number of benzene rings is 4. The predicted octanol–water partition coefficient (Wildman–Crippen LogP) is 2.11. The van der Waals surface area contributed by atoms with Crippen LogP contribution in [-0.4, -0.2) is 53.3 Å². The van der Waals surface area contributed by atoms with E-state index in [0.717, 1.165) is 58.9 Å². The quantitative estimate of drug-likeness (QED) is 0.320. The van der Waals surface area contributed by atoms with E-state index in [0.29, 0.717) is 24.2 Å². The van der Waals surface area contributed by atoms with Gasteiger partial charge in [-0.3, -0.25) is 9.80 Å². The van der Waals surface area contributed by atoms with Crippen LogP contribution in [0.25, 0.3) is 32.7 Å². The third-order valence-corrected chi connectivity index (χ3v) is 6.98. The van der Waals surface area contributed by atoms with Gasteiger partial charge in [-0.15, -0.1) is 0 Å². The average molecular weight is 517 g/mol. The summed E-state index contributed by atoms with van der Waals surface area (Å²) in [6, 6.07) is 19.9. The van der Waals surface area contributed by atoms with Gasteiger partial charge in [0.15, 0.2) is 0 Å². The maximum atomic E-state index is 14.0. The molecule has 0 aliphatic heterocycles. The zero-order valence-electron chi connectivity index (χ0n) is 21.7. The van der Waals surface area contributed by atoms with E-state index in [1.54, 1.807) is 0 Å². The van der Waals surface area contributed by atoms with E-state index in [4.69, 9.17) is 0 Å². The maximum Gasteiger partial charge on any atom is 3.00 e. The van der Waals surface area contributed by atoms with Crippen molar-refractivity contribution in [2.24, 2.45) is 0 Å². The van der Waals surface area contributed by atoms with Crippen LogP contribution in [0.2, 0.25) is 0 Å². The van der Waals surface area contributed by atoms with Gasteiger partial charge in [0.2, 0.25) is 0 Å². The molecule has 0 N–H and O–H groups in total. The van der Waals surface area contributed by atoms with Gasteiger partial charge in [0.05, 0.1) is 0 Å². The molecule has 0 unspecified atom stereocenters. The minimum Gasteiger partial charge on any atom is -1.00 e. The average Bonchev–Trinajstić information content (AvgIpc) is 2.87. The second kappa shape index (κ2) is 13.3. The van der Waals surface area contributed by atoms with Gasteiger partial charge in [-0.05, 0) is 70.0 Å². The summed E-state index contributed by atoms with van der Waals surface area (Å²) in [7, 11) is 0. The molecule has 6 heteroatoms. The molecular weight excluding hydrogens is 483 g/mol. The Morgan fingerprint density at radius 3 is 1.25 bits per heavy atom. The Balaban J connectivity index is 0.00000228. The number of fused-ring (bicyclic) bond motifs is 2. The molecule has 186 valence electrons. The monoisotopic (exact) mass is 516 g/mol. The topological polar surface area (TPSA) is 52.6 Å². The van der Waals surface area contributed by atoms with Crippen molar-refractivity contribution in [3.05, 3.63) is 71.8 Å². The van der Waals surface area contributed by atoms with Crippen LogP contribution in [0, 0.1) is 0 Å². The van der Waals surface area contributed by atoms with Crippen LogP contribution in [-0.2, 0) is 13.1 Å². The van der Waals surface area contributed by atoms with Crippen molar-refractivity contribution in [2.75, 3.05) is 26.2 Å². The smallest absolute Gasteiger partial charge is 1.00 e. The first-order chi connectivity index (χ1) is 16.5. The molecule has 0 aromatic heterocycles. The molecular formula is C30H34AlClN2O2. The summed E-state index contributed by atoms with van der Waals surface area (Å²) >= 11 is 0. The zero-order valence-corrected chi connectivity index (χ0v) is 23.6. The minimum atomic E-state index is -0.0344. The zero-order chi connectivity index (χ0) is 24.2. The fraction of sp³-hybridized carbons (Fsp3) is 0.333. The van der Waals surface area contributed by atoms with Crippen molar-refractivity contribution in [2.45, 2.75) is 40.8 Å². The maximum absolute atomic E-state index is 14.0. The molecule has 0 aliphatic rings. The van der Waals surface area contributed by atoms with Crippen molar-refractivity contribution >= 4 is 38.9 Å². The second-order valence-corrected chi connectivity index (χ2v) is 8.84. The molecule has 0 bridgehead atoms. The van der Waals surface area contributed by atoms with Crippen LogP contribution in [0.4, 0.5) is 0 Å². The summed E-state index contributed by atoms with van der Waals surface area (Å²) in [4.78, 5) is 4.48. The number of nitrogens with zero attached hydrogens (tertiary/aromatic N) is 2. The summed E-state index contributed by atoms with van der Waals surface area (Å²) in [6.07, 6.45) is 0. The van der Waals surface area contributed by atoms with Gasteiger partial charge in [0, 0.05) is 13.1 Å². The molecule has 0 fully saturated rings. The van der Waals surface area contributed by atoms with Gasteiger partial charge >= 0.3 is 17.4 Å². The Bertz CT molecular complexity index is 1200. The molecule has 4 aromatic rings. The molecule has 0 radical (unpaired) electrons. The van der Waals surface area contributed by atoms with E-state index < -0.39 is 0 Å². The summed E-state index contributed by atoms with van der Waals surface area (Å²) in [5, 5.41) is 31.7. The van der Waals surface area contributed by atoms with Gasteiger partial charge < -0.3 is 22.6 Å². The molecule has 0 amide bonds. The summed E-state index contributed by atoms with van der Waals surface area (Å²) in [5.74, 6) is -0.0688. The largest absolute Gasteiger partial charge is 3.00 e. The molecule has 0 heterocycles. The van der Waals surface area contributed by atoms with Gasteiger partial charge in [-0.1, -0.05) is 99.9 Å². The number of hydrogen-bond donors (Lipinski definition) is 0. The van der Waals surface area contributed by atoms with E-state index >= 15 is 0 Å². The SMILES string of the molecule is CCN(CC)Cc1cc2ccccc2c(-c2c([O-])c(CN(CC)CC)cc3ccccc23)c1[O-].[Al+3].[Cl-]. The Morgan fingerprint density at radius 2 is 0.917 bits per heavy atom. The van der Waals surface area contributed by atoms with Crippen molar-refractivity contribution in [3.63, 3.8) is 0 Å². The predicted molar refractivity (Wildman–Crippen MR) is 145 cm³/mol. The van der Waals surface area contributed by atoms with Crippen LogP contribution >= 0.6 is 0 Å². The molecule has 36 heavy (non-hydrogen) atoms. The first kappa shape index (κ1) is 30.0. The molecule has 0 aliphatic carbocycles. The molecule has 0 saturated heterocycles. The summed E-state index contributed by atoms with van der Waals surface area (Å²) < 4.78 is 0. The summed E-state index contributed by atoms with van der Waals surface area (Å²) in [6.45, 7) is 13.1. The molecule has 0 atom stereocenters. The first-order valence-electron chi connectivity index (χ1n) is 12.4. The third-order valence-electron chi connectivity index (χ3n) is 6.98. The van der Waals surface area contributed by atoms with Gasteiger partial charge in [0.25, 0.3) is 0 Å². The molecule has 4 aromatic carbocycles. The van der Waals surface area contributed by atoms with Crippen LogP contribution in [0.5, 0.6) is 11.5 Å². The number of halogens is 1. The van der Waals surface area contributed by atoms with Crippen LogP contribution in [0.1, 0.15) is 38.8 Å². The fourth-order valence-electron chi connectivity index (χ4n) is 4.88. The summed E-state index contributed by atoms with van der Waals surface area (Å²) in [5.41, 5.74) is 2.58. The van der Waals surface area contributed by atoms with Gasteiger partial charge in [0.1, 0.15) is 0 Å². The Kier molecular flexibility index (Phi) is 11.1.